The van der Waals surface area contributed by atoms with E-state index in [1.54, 1.807) is 0 Å². The van der Waals surface area contributed by atoms with Gasteiger partial charge in [0.05, 0.1) is 23.0 Å². The van der Waals surface area contributed by atoms with E-state index in [9.17, 15) is 13.6 Å². The van der Waals surface area contributed by atoms with Crippen molar-refractivity contribution in [3.05, 3.63) is 52.8 Å². The molecule has 3 saturated heterocycles. The zero-order chi connectivity index (χ0) is 22.4. The number of carbonyl (C=O) groups excluding carboxylic acids is 1. The summed E-state index contributed by atoms with van der Waals surface area (Å²) in [6, 6.07) is 3.57. The fourth-order valence-corrected chi connectivity index (χ4v) is 4.91. The van der Waals surface area contributed by atoms with Crippen LogP contribution in [0.1, 0.15) is 41.4 Å². The number of likely N-dealkylation sites (tertiary alicyclic amines) is 1. The highest BCUT2D eigenvalue weighted by Crippen LogP contribution is 2.34. The quantitative estimate of drug-likeness (QED) is 0.730. The molecule has 10 heteroatoms. The van der Waals surface area contributed by atoms with Crippen LogP contribution >= 0.6 is 11.6 Å². The first-order valence-corrected chi connectivity index (χ1v) is 11.0. The van der Waals surface area contributed by atoms with Gasteiger partial charge < -0.3 is 20.4 Å². The number of aromatic nitrogens is 2. The van der Waals surface area contributed by atoms with Crippen LogP contribution in [0.3, 0.4) is 0 Å². The molecular weight excluding hydrogens is 440 g/mol. The second-order valence-electron chi connectivity index (χ2n) is 8.60. The molecule has 5 atom stereocenters. The minimum atomic E-state index is -0.912. The van der Waals surface area contributed by atoms with E-state index in [4.69, 9.17) is 21.7 Å². The van der Waals surface area contributed by atoms with Crippen LogP contribution in [0, 0.1) is 11.2 Å². The molecule has 168 valence electrons. The number of nitrogens with one attached hydrogen (secondary N) is 2. The Hall–Kier alpha value is -2.65. The molecule has 0 aliphatic carbocycles. The summed E-state index contributed by atoms with van der Waals surface area (Å²) in [5.41, 5.74) is 0.536. The minimum absolute atomic E-state index is 0.0284. The van der Waals surface area contributed by atoms with Crippen molar-refractivity contribution in [1.29, 1.82) is 5.41 Å². The summed E-state index contributed by atoms with van der Waals surface area (Å²) in [7, 11) is 0. The first kappa shape index (κ1) is 21.2. The van der Waals surface area contributed by atoms with Gasteiger partial charge in [0.25, 0.3) is 5.91 Å². The third kappa shape index (κ3) is 4.06. The van der Waals surface area contributed by atoms with Gasteiger partial charge in [-0.15, -0.1) is 0 Å². The topological polar surface area (TPSA) is 91.2 Å². The first-order chi connectivity index (χ1) is 15.4. The van der Waals surface area contributed by atoms with Gasteiger partial charge in [-0.2, -0.15) is 0 Å². The van der Waals surface area contributed by atoms with Crippen LogP contribution in [0.2, 0.25) is 5.02 Å². The van der Waals surface area contributed by atoms with Crippen molar-refractivity contribution in [1.82, 2.24) is 20.2 Å². The second-order valence-corrected chi connectivity index (χ2v) is 9.03. The largest absolute Gasteiger partial charge is 0.489 e. The number of ether oxygens (including phenoxy) is 1. The van der Waals surface area contributed by atoms with E-state index < -0.39 is 17.9 Å². The summed E-state index contributed by atoms with van der Waals surface area (Å²) in [5, 5.41) is 11.9. The third-order valence-corrected chi connectivity index (χ3v) is 6.55. The maximum Gasteiger partial charge on any atom is 0.257 e. The lowest BCUT2D eigenvalue weighted by Gasteiger charge is -2.30. The van der Waals surface area contributed by atoms with Crippen LogP contribution in [0.15, 0.2) is 30.6 Å². The van der Waals surface area contributed by atoms with Gasteiger partial charge >= 0.3 is 0 Å². The lowest BCUT2D eigenvalue weighted by molar-refractivity contribution is 0.0780. The predicted molar refractivity (Wildman–Crippen MR) is 114 cm³/mol. The molecule has 5 unspecified atom stereocenters. The monoisotopic (exact) mass is 461 g/mol. The number of carbonyl (C=O) groups is 1. The molecule has 0 radical (unpaired) electrons. The molecule has 3 aliphatic rings. The highest BCUT2D eigenvalue weighted by Gasteiger charge is 2.42. The smallest absolute Gasteiger partial charge is 0.257 e. The second kappa shape index (κ2) is 8.37. The van der Waals surface area contributed by atoms with Crippen molar-refractivity contribution < 1.29 is 18.3 Å². The number of piperidine rings is 1. The maximum atomic E-state index is 14.0. The predicted octanol–water partition coefficient (Wildman–Crippen LogP) is 3.14. The summed E-state index contributed by atoms with van der Waals surface area (Å²) < 4.78 is 34.1. The van der Waals surface area contributed by atoms with Crippen molar-refractivity contribution >= 4 is 23.2 Å². The van der Waals surface area contributed by atoms with E-state index in [1.165, 1.54) is 35.5 Å². The Morgan fingerprint density at radius 1 is 1.25 bits per heavy atom. The molecule has 4 heterocycles. The van der Waals surface area contributed by atoms with Gasteiger partial charge in [-0.1, -0.05) is 11.6 Å². The molecule has 3 aliphatic heterocycles. The van der Waals surface area contributed by atoms with Crippen LogP contribution in [0.4, 0.5) is 8.78 Å². The molecule has 7 nitrogen and oxygen atoms in total. The van der Waals surface area contributed by atoms with Crippen LogP contribution in [0.25, 0.3) is 0 Å². The lowest BCUT2D eigenvalue weighted by atomic mass is 10.0. The summed E-state index contributed by atoms with van der Waals surface area (Å²) in [5.74, 6) is -0.729. The van der Waals surface area contributed by atoms with E-state index in [1.807, 2.05) is 0 Å². The Bertz CT molecular complexity index is 1050. The van der Waals surface area contributed by atoms with Crippen LogP contribution in [-0.4, -0.2) is 63.9 Å². The molecule has 2 N–H and O–H groups in total. The average Bonchev–Trinajstić information content (AvgIpc) is 3.27. The summed E-state index contributed by atoms with van der Waals surface area (Å²) in [4.78, 5) is 23.1. The number of fused-ring (bicyclic) bond motifs is 2. The standard InChI is InChI=1S/C22H22ClF2N5O2/c23-11-7-27-21(28-8-11)16-9-30(10-18(16)26)22(31)15-2-1-12(24)3-20(15)32-14-4-13-5-17(25)19(6-14)29-13/h1-3,7-8,13-14,16-17,19,26,29H,4-6,9-10H2. The van der Waals surface area contributed by atoms with E-state index in [2.05, 4.69) is 15.3 Å². The molecule has 0 saturated carbocycles. The molecule has 32 heavy (non-hydrogen) atoms. The van der Waals surface area contributed by atoms with Crippen molar-refractivity contribution in [2.75, 3.05) is 13.1 Å². The molecule has 5 rings (SSSR count). The summed E-state index contributed by atoms with van der Waals surface area (Å²) >= 11 is 5.84. The Kier molecular flexibility index (Phi) is 5.54. The number of amides is 1. The van der Waals surface area contributed by atoms with Crippen molar-refractivity contribution in [3.8, 4) is 5.75 Å². The molecule has 1 amide bonds. The van der Waals surface area contributed by atoms with E-state index in [0.717, 1.165) is 0 Å². The summed E-state index contributed by atoms with van der Waals surface area (Å²) in [6.45, 7) is 0.352. The number of nitrogens with zero attached hydrogens (tertiary/aromatic N) is 3. The SMILES string of the molecule is N=C1CN(C(=O)c2ccc(F)cc2OC2CC3CC(F)C(C2)N3)CC1c1ncc(Cl)cn1. The minimum Gasteiger partial charge on any atom is -0.489 e. The lowest BCUT2D eigenvalue weighted by Crippen LogP contribution is -2.44. The van der Waals surface area contributed by atoms with Crippen LogP contribution in [-0.2, 0) is 0 Å². The fourth-order valence-electron chi connectivity index (χ4n) is 4.81. The zero-order valence-electron chi connectivity index (χ0n) is 17.1. The van der Waals surface area contributed by atoms with Gasteiger partial charge in [0.1, 0.15) is 29.7 Å². The van der Waals surface area contributed by atoms with E-state index in [0.29, 0.717) is 35.8 Å². The number of hydrogen-bond acceptors (Lipinski definition) is 6. The number of hydrogen-bond donors (Lipinski definition) is 2. The van der Waals surface area contributed by atoms with Crippen LogP contribution in [0.5, 0.6) is 5.75 Å². The Morgan fingerprint density at radius 2 is 2.03 bits per heavy atom. The number of halogens is 3. The van der Waals surface area contributed by atoms with Crippen molar-refractivity contribution in [2.24, 2.45) is 0 Å². The van der Waals surface area contributed by atoms with Gasteiger partial charge in [0.2, 0.25) is 0 Å². The number of benzene rings is 1. The normalized spacial score (nSPS) is 29.4. The molecule has 1 aromatic carbocycles. The van der Waals surface area contributed by atoms with Gasteiger partial charge in [-0.3, -0.25) is 4.79 Å². The van der Waals surface area contributed by atoms with Gasteiger partial charge in [-0.25, -0.2) is 18.7 Å². The fraction of sp³-hybridized carbons (Fsp3) is 0.455. The Balaban J connectivity index is 1.34. The van der Waals surface area contributed by atoms with E-state index in [-0.39, 0.29) is 48.5 Å². The Morgan fingerprint density at radius 3 is 2.78 bits per heavy atom. The zero-order valence-corrected chi connectivity index (χ0v) is 17.9. The highest BCUT2D eigenvalue weighted by molar-refractivity contribution is 6.30. The molecule has 1 aromatic heterocycles. The third-order valence-electron chi connectivity index (χ3n) is 6.35. The van der Waals surface area contributed by atoms with Gasteiger partial charge in [0.15, 0.2) is 0 Å². The van der Waals surface area contributed by atoms with Gasteiger partial charge in [-0.05, 0) is 25.0 Å². The Labute approximate surface area is 188 Å². The molecule has 3 fully saturated rings. The summed E-state index contributed by atoms with van der Waals surface area (Å²) in [6.07, 6.45) is 3.22. The average molecular weight is 462 g/mol. The van der Waals surface area contributed by atoms with Crippen molar-refractivity contribution in [3.63, 3.8) is 0 Å². The van der Waals surface area contributed by atoms with Gasteiger partial charge in [0, 0.05) is 49.2 Å². The molecule has 2 bridgehead atoms. The van der Waals surface area contributed by atoms with Crippen molar-refractivity contribution in [2.45, 2.75) is 49.5 Å². The molecular formula is C22H22ClF2N5O2. The maximum absolute atomic E-state index is 14.0. The van der Waals surface area contributed by atoms with Crippen LogP contribution < -0.4 is 10.1 Å². The highest BCUT2D eigenvalue weighted by atomic mass is 35.5. The molecule has 0 spiro atoms. The first-order valence-electron chi connectivity index (χ1n) is 10.6. The number of alkyl halides is 1. The van der Waals surface area contributed by atoms with E-state index >= 15 is 0 Å². The number of rotatable bonds is 4. The molecule has 2 aromatic rings.